The summed E-state index contributed by atoms with van der Waals surface area (Å²) < 4.78 is 5.53. The quantitative estimate of drug-likeness (QED) is 0.656. The first kappa shape index (κ1) is 15.0. The molecule has 1 aliphatic carbocycles. The van der Waals surface area contributed by atoms with E-state index in [1.807, 2.05) is 0 Å². The molecule has 0 aliphatic heterocycles. The molecule has 3 unspecified atom stereocenters. The van der Waals surface area contributed by atoms with Crippen LogP contribution in [-0.4, -0.2) is 25.8 Å². The van der Waals surface area contributed by atoms with E-state index in [2.05, 4.69) is 26.1 Å². The standard InChI is InChI=1S/C15H31NO/c1-4-10-16-15-8-7-13(5-2)12-14(15)9-11-17-6-3/h13-16H,4-12H2,1-3H3. The van der Waals surface area contributed by atoms with E-state index in [1.54, 1.807) is 0 Å². The normalized spacial score (nSPS) is 29.5. The van der Waals surface area contributed by atoms with Crippen molar-refractivity contribution < 1.29 is 4.74 Å². The summed E-state index contributed by atoms with van der Waals surface area (Å²) in [6.45, 7) is 9.65. The van der Waals surface area contributed by atoms with Crippen LogP contribution < -0.4 is 5.32 Å². The van der Waals surface area contributed by atoms with Gasteiger partial charge in [0.2, 0.25) is 0 Å². The summed E-state index contributed by atoms with van der Waals surface area (Å²) in [7, 11) is 0. The van der Waals surface area contributed by atoms with Crippen molar-refractivity contribution in [2.24, 2.45) is 11.8 Å². The lowest BCUT2D eigenvalue weighted by Gasteiger charge is -2.36. The largest absolute Gasteiger partial charge is 0.382 e. The van der Waals surface area contributed by atoms with Crippen molar-refractivity contribution in [1.82, 2.24) is 5.32 Å². The van der Waals surface area contributed by atoms with E-state index in [0.29, 0.717) is 0 Å². The second kappa shape index (κ2) is 8.93. The van der Waals surface area contributed by atoms with Crippen LogP contribution in [0.15, 0.2) is 0 Å². The van der Waals surface area contributed by atoms with Crippen LogP contribution in [0.4, 0.5) is 0 Å². The van der Waals surface area contributed by atoms with Gasteiger partial charge in [0.25, 0.3) is 0 Å². The predicted octanol–water partition coefficient (Wildman–Crippen LogP) is 3.61. The molecule has 0 radical (unpaired) electrons. The molecular weight excluding hydrogens is 210 g/mol. The Bertz CT molecular complexity index is 184. The zero-order chi connectivity index (χ0) is 12.5. The highest BCUT2D eigenvalue weighted by Gasteiger charge is 2.28. The summed E-state index contributed by atoms with van der Waals surface area (Å²) in [5, 5.41) is 3.74. The number of nitrogens with one attached hydrogen (secondary N) is 1. The van der Waals surface area contributed by atoms with Crippen LogP contribution in [0.5, 0.6) is 0 Å². The Balaban J connectivity index is 2.37. The van der Waals surface area contributed by atoms with Gasteiger partial charge in [0.15, 0.2) is 0 Å². The van der Waals surface area contributed by atoms with Crippen LogP contribution in [0.2, 0.25) is 0 Å². The highest BCUT2D eigenvalue weighted by molar-refractivity contribution is 4.84. The van der Waals surface area contributed by atoms with E-state index >= 15 is 0 Å². The fraction of sp³-hybridized carbons (Fsp3) is 1.00. The molecule has 2 nitrogen and oxygen atoms in total. The number of rotatable bonds is 8. The van der Waals surface area contributed by atoms with E-state index < -0.39 is 0 Å². The van der Waals surface area contributed by atoms with E-state index in [0.717, 1.165) is 31.1 Å². The minimum absolute atomic E-state index is 0.748. The monoisotopic (exact) mass is 241 g/mol. The van der Waals surface area contributed by atoms with Crippen LogP contribution in [0.1, 0.15) is 59.3 Å². The van der Waals surface area contributed by atoms with Crippen molar-refractivity contribution in [2.75, 3.05) is 19.8 Å². The van der Waals surface area contributed by atoms with Crippen molar-refractivity contribution in [3.05, 3.63) is 0 Å². The molecule has 0 bridgehead atoms. The van der Waals surface area contributed by atoms with Crippen LogP contribution >= 0.6 is 0 Å². The van der Waals surface area contributed by atoms with Gasteiger partial charge in [-0.25, -0.2) is 0 Å². The predicted molar refractivity (Wildman–Crippen MR) is 74.3 cm³/mol. The van der Waals surface area contributed by atoms with Crippen molar-refractivity contribution >= 4 is 0 Å². The molecule has 1 aliphatic rings. The molecule has 102 valence electrons. The molecule has 17 heavy (non-hydrogen) atoms. The zero-order valence-electron chi connectivity index (χ0n) is 12.0. The fourth-order valence-corrected chi connectivity index (χ4v) is 3.03. The molecule has 0 aromatic carbocycles. The molecule has 3 atom stereocenters. The van der Waals surface area contributed by atoms with Gasteiger partial charge in [-0.2, -0.15) is 0 Å². The Labute approximate surface area is 108 Å². The maximum Gasteiger partial charge on any atom is 0.0469 e. The minimum Gasteiger partial charge on any atom is -0.382 e. The maximum atomic E-state index is 5.53. The molecule has 0 heterocycles. The minimum atomic E-state index is 0.748. The number of hydrogen-bond acceptors (Lipinski definition) is 2. The highest BCUT2D eigenvalue weighted by atomic mass is 16.5. The molecule has 0 aromatic heterocycles. The Hall–Kier alpha value is -0.0800. The summed E-state index contributed by atoms with van der Waals surface area (Å²) in [4.78, 5) is 0. The van der Waals surface area contributed by atoms with Gasteiger partial charge < -0.3 is 10.1 Å². The first-order valence-electron chi connectivity index (χ1n) is 7.62. The van der Waals surface area contributed by atoms with Crippen LogP contribution in [0, 0.1) is 11.8 Å². The lowest BCUT2D eigenvalue weighted by molar-refractivity contribution is 0.104. The summed E-state index contributed by atoms with van der Waals surface area (Å²) in [6.07, 6.45) is 8.03. The first-order valence-corrected chi connectivity index (χ1v) is 7.62. The summed E-state index contributed by atoms with van der Waals surface area (Å²) >= 11 is 0. The molecular formula is C15H31NO. The van der Waals surface area contributed by atoms with Gasteiger partial charge in [-0.05, 0) is 57.4 Å². The topological polar surface area (TPSA) is 21.3 Å². The number of hydrogen-bond donors (Lipinski definition) is 1. The van der Waals surface area contributed by atoms with Crippen LogP contribution in [0.25, 0.3) is 0 Å². The van der Waals surface area contributed by atoms with Gasteiger partial charge in [0.05, 0.1) is 0 Å². The third-order valence-electron chi connectivity index (χ3n) is 4.16. The lowest BCUT2D eigenvalue weighted by atomic mass is 9.75. The smallest absolute Gasteiger partial charge is 0.0469 e. The van der Waals surface area contributed by atoms with Crippen LogP contribution in [0.3, 0.4) is 0 Å². The number of ether oxygens (including phenoxy) is 1. The van der Waals surface area contributed by atoms with Gasteiger partial charge in [0, 0.05) is 19.3 Å². The van der Waals surface area contributed by atoms with E-state index in [4.69, 9.17) is 4.74 Å². The van der Waals surface area contributed by atoms with Crippen molar-refractivity contribution in [2.45, 2.75) is 65.3 Å². The third-order valence-corrected chi connectivity index (χ3v) is 4.16. The first-order chi connectivity index (χ1) is 8.31. The SMILES string of the molecule is CCCNC1CCC(CC)CC1CCOCC. The van der Waals surface area contributed by atoms with E-state index in [9.17, 15) is 0 Å². The molecule has 1 rings (SSSR count). The van der Waals surface area contributed by atoms with Crippen LogP contribution in [-0.2, 0) is 4.74 Å². The van der Waals surface area contributed by atoms with Crippen molar-refractivity contribution in [3.8, 4) is 0 Å². The maximum absolute atomic E-state index is 5.53. The Morgan fingerprint density at radius 3 is 2.65 bits per heavy atom. The fourth-order valence-electron chi connectivity index (χ4n) is 3.03. The van der Waals surface area contributed by atoms with E-state index in [1.165, 1.54) is 45.1 Å². The second-order valence-corrected chi connectivity index (χ2v) is 5.39. The highest BCUT2D eigenvalue weighted by Crippen LogP contribution is 2.33. The average molecular weight is 241 g/mol. The Kier molecular flexibility index (Phi) is 7.87. The summed E-state index contributed by atoms with van der Waals surface area (Å²) in [5.41, 5.74) is 0. The van der Waals surface area contributed by atoms with Gasteiger partial charge in [-0.3, -0.25) is 0 Å². The molecule has 0 amide bonds. The molecule has 0 spiro atoms. The van der Waals surface area contributed by atoms with Gasteiger partial charge in [-0.15, -0.1) is 0 Å². The lowest BCUT2D eigenvalue weighted by Crippen LogP contribution is -2.41. The molecule has 1 fully saturated rings. The summed E-state index contributed by atoms with van der Waals surface area (Å²) in [6, 6.07) is 0.748. The van der Waals surface area contributed by atoms with Crippen molar-refractivity contribution in [3.63, 3.8) is 0 Å². The van der Waals surface area contributed by atoms with Gasteiger partial charge in [-0.1, -0.05) is 20.3 Å². The van der Waals surface area contributed by atoms with E-state index in [-0.39, 0.29) is 0 Å². The second-order valence-electron chi connectivity index (χ2n) is 5.39. The molecule has 1 N–H and O–H groups in total. The Morgan fingerprint density at radius 1 is 1.18 bits per heavy atom. The molecule has 0 aromatic rings. The average Bonchev–Trinajstić information content (AvgIpc) is 2.37. The molecule has 2 heteroatoms. The summed E-state index contributed by atoms with van der Waals surface area (Å²) in [5.74, 6) is 1.80. The third kappa shape index (κ3) is 5.39. The van der Waals surface area contributed by atoms with Gasteiger partial charge in [0.1, 0.15) is 0 Å². The van der Waals surface area contributed by atoms with Gasteiger partial charge >= 0.3 is 0 Å². The zero-order valence-corrected chi connectivity index (χ0v) is 12.0. The molecule has 1 saturated carbocycles. The Morgan fingerprint density at radius 2 is 2.00 bits per heavy atom. The molecule has 0 saturated heterocycles. The van der Waals surface area contributed by atoms with Crippen molar-refractivity contribution in [1.29, 1.82) is 0 Å².